The molecule has 0 spiro atoms. The molecule has 0 aromatic carbocycles. The minimum Gasteiger partial charge on any atom is -0.392 e. The zero-order valence-electron chi connectivity index (χ0n) is 18.4. The Hall–Kier alpha value is -0.610. The molecule has 8 heteroatoms. The molecule has 0 aromatic heterocycles. The molecule has 7 unspecified atom stereocenters. The first-order valence-electron chi connectivity index (χ1n) is 10.1. The van der Waals surface area contributed by atoms with Crippen molar-refractivity contribution >= 4 is 17.2 Å². The fourth-order valence-corrected chi connectivity index (χ4v) is 3.54. The third kappa shape index (κ3) is 8.96. The quantitative estimate of drug-likeness (QED) is 0.247. The fourth-order valence-electron chi connectivity index (χ4n) is 2.95. The second-order valence-corrected chi connectivity index (χ2v) is 10.7. The van der Waals surface area contributed by atoms with E-state index in [2.05, 4.69) is 26.1 Å². The van der Waals surface area contributed by atoms with Crippen LogP contribution in [0.15, 0.2) is 12.2 Å². The van der Waals surface area contributed by atoms with Crippen LogP contribution in [0.4, 0.5) is 0 Å². The molecule has 1 aliphatic rings. The summed E-state index contributed by atoms with van der Waals surface area (Å²) in [6, 6.07) is -0.605. The van der Waals surface area contributed by atoms with E-state index in [0.29, 0.717) is 11.4 Å². The highest BCUT2D eigenvalue weighted by atomic mass is 32.1. The zero-order valence-corrected chi connectivity index (χ0v) is 19.2. The molecule has 1 rings (SSSR count). The fraction of sp³-hybridized carbons (Fsp3) is 0.857. The Balaban J connectivity index is 2.84. The maximum atomic E-state index is 10.7. The lowest BCUT2D eigenvalue weighted by Gasteiger charge is -2.35. The maximum absolute atomic E-state index is 10.7. The van der Waals surface area contributed by atoms with Crippen LogP contribution in [0.2, 0.25) is 0 Å². The topological polar surface area (TPSA) is 122 Å². The van der Waals surface area contributed by atoms with Gasteiger partial charge in [-0.3, -0.25) is 0 Å². The Morgan fingerprint density at radius 2 is 1.62 bits per heavy atom. The molecule has 0 heterocycles. The number of thiocarbonyl (C=S) groups is 1. The van der Waals surface area contributed by atoms with Gasteiger partial charge in [0.15, 0.2) is 0 Å². The van der Waals surface area contributed by atoms with Gasteiger partial charge in [-0.2, -0.15) is 0 Å². The lowest BCUT2D eigenvalue weighted by Crippen LogP contribution is -2.51. The van der Waals surface area contributed by atoms with Crippen molar-refractivity contribution in [2.75, 3.05) is 6.61 Å². The predicted octanol–water partition coefficient (Wildman–Crippen LogP) is 0.904. The van der Waals surface area contributed by atoms with Crippen LogP contribution in [0.3, 0.4) is 0 Å². The van der Waals surface area contributed by atoms with Gasteiger partial charge in [-0.1, -0.05) is 65.9 Å². The van der Waals surface area contributed by atoms with Gasteiger partial charge >= 0.3 is 0 Å². The first-order chi connectivity index (χ1) is 13.1. The van der Waals surface area contributed by atoms with Crippen molar-refractivity contribution in [1.82, 2.24) is 5.32 Å². The molecule has 6 N–H and O–H groups in total. The Morgan fingerprint density at radius 3 is 2.14 bits per heavy atom. The normalized spacial score (nSPS) is 28.7. The summed E-state index contributed by atoms with van der Waals surface area (Å²) in [7, 11) is 0. The third-order valence-corrected chi connectivity index (χ3v) is 5.23. The average molecular weight is 434 g/mol. The highest BCUT2D eigenvalue weighted by molar-refractivity contribution is 7.80. The van der Waals surface area contributed by atoms with E-state index in [-0.39, 0.29) is 23.9 Å². The maximum Gasteiger partial charge on any atom is 0.112 e. The molecule has 0 aliphatic heterocycles. The highest BCUT2D eigenvalue weighted by Gasteiger charge is 2.35. The van der Waals surface area contributed by atoms with Crippen LogP contribution in [0.25, 0.3) is 0 Å². The molecule has 0 amide bonds. The summed E-state index contributed by atoms with van der Waals surface area (Å²) in [4.78, 5) is 0.575. The SMILES string of the molecule is CC(C)(C)CC(=S)NC(COC1C=CC(O)C(O)C1O)C(O)CC(O)C(C)(C)C. The molecule has 0 bridgehead atoms. The Kier molecular flexibility index (Phi) is 9.67. The Bertz CT molecular complexity index is 556. The molecule has 7 nitrogen and oxygen atoms in total. The molecule has 0 saturated heterocycles. The number of rotatable bonds is 8. The number of hydrogen-bond donors (Lipinski definition) is 6. The third-order valence-electron chi connectivity index (χ3n) is 4.97. The van der Waals surface area contributed by atoms with Crippen LogP contribution in [-0.2, 0) is 4.74 Å². The van der Waals surface area contributed by atoms with Gasteiger partial charge in [0, 0.05) is 12.8 Å². The number of hydrogen-bond acceptors (Lipinski definition) is 7. The van der Waals surface area contributed by atoms with Crippen molar-refractivity contribution < 1.29 is 30.3 Å². The smallest absolute Gasteiger partial charge is 0.112 e. The minimum absolute atomic E-state index is 0.00278. The van der Waals surface area contributed by atoms with Crippen LogP contribution >= 0.6 is 12.2 Å². The van der Waals surface area contributed by atoms with E-state index in [1.165, 1.54) is 12.2 Å². The standard InChI is InChI=1S/C21H39NO6S/c1-20(2,3)10-17(29)22-12(14(24)9-16(25)21(4,5)6)11-28-15-8-7-13(23)18(26)19(15)27/h7-8,12-16,18-19,23-27H,9-11H2,1-6H3,(H,22,29). The lowest BCUT2D eigenvalue weighted by atomic mass is 9.85. The van der Waals surface area contributed by atoms with Crippen molar-refractivity contribution in [3.05, 3.63) is 12.2 Å². The van der Waals surface area contributed by atoms with Gasteiger partial charge in [-0.05, 0) is 10.8 Å². The zero-order chi connectivity index (χ0) is 22.6. The van der Waals surface area contributed by atoms with E-state index in [0.717, 1.165) is 0 Å². The molecule has 0 aromatic rings. The van der Waals surface area contributed by atoms with Crippen molar-refractivity contribution in [2.24, 2.45) is 10.8 Å². The summed E-state index contributed by atoms with van der Waals surface area (Å²) in [5, 5.41) is 53.8. The van der Waals surface area contributed by atoms with Crippen molar-refractivity contribution in [3.8, 4) is 0 Å². The van der Waals surface area contributed by atoms with Crippen molar-refractivity contribution in [1.29, 1.82) is 0 Å². The summed E-state index contributed by atoms with van der Waals surface area (Å²) in [6.45, 7) is 11.8. The highest BCUT2D eigenvalue weighted by Crippen LogP contribution is 2.25. The first-order valence-corrected chi connectivity index (χ1v) is 10.5. The summed E-state index contributed by atoms with van der Waals surface area (Å²) >= 11 is 5.44. The van der Waals surface area contributed by atoms with Crippen LogP contribution in [0, 0.1) is 10.8 Å². The predicted molar refractivity (Wildman–Crippen MR) is 117 cm³/mol. The van der Waals surface area contributed by atoms with E-state index in [9.17, 15) is 25.5 Å². The number of aliphatic hydroxyl groups excluding tert-OH is 5. The largest absolute Gasteiger partial charge is 0.392 e. The second-order valence-electron chi connectivity index (χ2n) is 10.3. The molecular formula is C21H39NO6S. The average Bonchev–Trinajstić information content (AvgIpc) is 2.55. The van der Waals surface area contributed by atoms with Gasteiger partial charge in [0.2, 0.25) is 0 Å². The van der Waals surface area contributed by atoms with Gasteiger partial charge in [0.1, 0.15) is 24.4 Å². The molecule has 170 valence electrons. The Morgan fingerprint density at radius 1 is 1.03 bits per heavy atom. The number of aliphatic hydroxyl groups is 5. The van der Waals surface area contributed by atoms with Gasteiger partial charge in [0.05, 0.1) is 29.8 Å². The van der Waals surface area contributed by atoms with Crippen LogP contribution in [0.1, 0.15) is 54.4 Å². The van der Waals surface area contributed by atoms with Gasteiger partial charge in [-0.25, -0.2) is 0 Å². The summed E-state index contributed by atoms with van der Waals surface area (Å²) in [5.41, 5.74) is -0.422. The molecule has 0 saturated carbocycles. The molecular weight excluding hydrogens is 394 g/mol. The van der Waals surface area contributed by atoms with Gasteiger partial charge in [-0.15, -0.1) is 0 Å². The lowest BCUT2D eigenvalue weighted by molar-refractivity contribution is -0.114. The summed E-state index contributed by atoms with van der Waals surface area (Å²) in [6.07, 6.45) is -2.66. The first kappa shape index (κ1) is 26.4. The summed E-state index contributed by atoms with van der Waals surface area (Å²) < 4.78 is 5.72. The van der Waals surface area contributed by atoms with Crippen molar-refractivity contribution in [2.45, 2.75) is 97.0 Å². The molecule has 7 atom stereocenters. The van der Waals surface area contributed by atoms with Gasteiger partial charge in [0.25, 0.3) is 0 Å². The van der Waals surface area contributed by atoms with E-state index >= 15 is 0 Å². The Labute approximate surface area is 179 Å². The monoisotopic (exact) mass is 433 g/mol. The molecule has 0 radical (unpaired) electrons. The molecule has 0 fully saturated rings. The van der Waals surface area contributed by atoms with E-state index in [1.807, 2.05) is 20.8 Å². The number of nitrogens with one attached hydrogen (secondary N) is 1. The minimum atomic E-state index is -1.34. The van der Waals surface area contributed by atoms with Crippen LogP contribution in [-0.4, -0.2) is 79.8 Å². The van der Waals surface area contributed by atoms with E-state index < -0.39 is 42.7 Å². The number of ether oxygens (including phenoxy) is 1. The summed E-state index contributed by atoms with van der Waals surface area (Å²) in [5.74, 6) is 0. The second kappa shape index (κ2) is 10.6. The van der Waals surface area contributed by atoms with Crippen LogP contribution < -0.4 is 5.32 Å². The van der Waals surface area contributed by atoms with Crippen LogP contribution in [0.5, 0.6) is 0 Å². The van der Waals surface area contributed by atoms with Gasteiger partial charge < -0.3 is 35.6 Å². The molecule has 29 heavy (non-hydrogen) atoms. The van der Waals surface area contributed by atoms with E-state index in [4.69, 9.17) is 17.0 Å². The van der Waals surface area contributed by atoms with Crippen molar-refractivity contribution in [3.63, 3.8) is 0 Å². The molecule has 1 aliphatic carbocycles. The van der Waals surface area contributed by atoms with E-state index in [1.54, 1.807) is 0 Å².